The molecule has 0 radical (unpaired) electrons. The molecule has 10 heteroatoms. The molecule has 1 saturated carbocycles. The first-order valence-electron chi connectivity index (χ1n) is 9.71. The molecule has 2 aromatic rings. The average Bonchev–Trinajstić information content (AvgIpc) is 2.73. The molecule has 162 valence electrons. The van der Waals surface area contributed by atoms with E-state index in [2.05, 4.69) is 15.3 Å². The highest BCUT2D eigenvalue weighted by atomic mass is 35.5. The third-order valence-electron chi connectivity index (χ3n) is 5.31. The van der Waals surface area contributed by atoms with Crippen LogP contribution in [0.3, 0.4) is 0 Å². The van der Waals surface area contributed by atoms with Crippen molar-refractivity contribution in [2.75, 3.05) is 18.2 Å². The number of benzene rings is 1. The summed E-state index contributed by atoms with van der Waals surface area (Å²) in [5, 5.41) is 13.2. The van der Waals surface area contributed by atoms with E-state index < -0.39 is 22.0 Å². The van der Waals surface area contributed by atoms with Crippen LogP contribution in [0, 0.1) is 5.92 Å². The second kappa shape index (κ2) is 9.28. The Morgan fingerprint density at radius 3 is 2.60 bits per heavy atom. The molecule has 2 N–H and O–H groups in total. The Hall–Kier alpha value is -2.23. The van der Waals surface area contributed by atoms with Gasteiger partial charge >= 0.3 is 0 Å². The highest BCUT2D eigenvalue weighted by Gasteiger charge is 2.24. The minimum atomic E-state index is -3.48. The van der Waals surface area contributed by atoms with Crippen molar-refractivity contribution in [3.8, 4) is 0 Å². The largest absolute Gasteiger partial charge is 0.373 e. The lowest BCUT2D eigenvalue weighted by Gasteiger charge is -2.27. The third-order valence-corrected chi connectivity index (χ3v) is 6.62. The summed E-state index contributed by atoms with van der Waals surface area (Å²) in [7, 11) is -1.79. The molecule has 0 bridgehead atoms. The number of aliphatic hydroxyl groups is 1. The number of hydrogen-bond acceptors (Lipinski definition) is 7. The summed E-state index contributed by atoms with van der Waals surface area (Å²) in [6.07, 6.45) is 6.34. The number of sulfone groups is 1. The van der Waals surface area contributed by atoms with Crippen molar-refractivity contribution in [3.63, 3.8) is 0 Å². The topological polar surface area (TPSA) is 112 Å². The molecule has 8 nitrogen and oxygen atoms in total. The van der Waals surface area contributed by atoms with Crippen molar-refractivity contribution in [1.82, 2.24) is 15.3 Å². The highest BCUT2D eigenvalue weighted by Crippen LogP contribution is 2.29. The van der Waals surface area contributed by atoms with E-state index in [1.54, 1.807) is 30.1 Å². The Morgan fingerprint density at radius 1 is 1.23 bits per heavy atom. The number of rotatable bonds is 6. The molecule has 30 heavy (non-hydrogen) atoms. The minimum absolute atomic E-state index is 0.0442. The van der Waals surface area contributed by atoms with Crippen LogP contribution in [0.2, 0.25) is 5.02 Å². The number of carbonyl (C=O) groups is 1. The third kappa shape index (κ3) is 5.27. The van der Waals surface area contributed by atoms with Gasteiger partial charge in [-0.2, -0.15) is 0 Å². The molecule has 1 aromatic heterocycles. The van der Waals surface area contributed by atoms with Crippen LogP contribution in [-0.4, -0.2) is 48.9 Å². The van der Waals surface area contributed by atoms with Gasteiger partial charge in [-0.1, -0.05) is 30.9 Å². The lowest BCUT2D eigenvalue weighted by atomic mass is 9.88. The maximum absolute atomic E-state index is 12.7. The number of nitrogens with one attached hydrogen (secondary N) is 1. The molecule has 1 aliphatic carbocycles. The smallest absolute Gasteiger partial charge is 0.254 e. The molecule has 1 aromatic carbocycles. The van der Waals surface area contributed by atoms with Gasteiger partial charge in [-0.25, -0.2) is 18.4 Å². The normalized spacial score (nSPS) is 16.1. The molecule has 1 fully saturated rings. The van der Waals surface area contributed by atoms with Crippen molar-refractivity contribution in [2.24, 2.45) is 5.92 Å². The van der Waals surface area contributed by atoms with E-state index in [1.165, 1.54) is 12.4 Å². The first-order valence-corrected chi connectivity index (χ1v) is 12.0. The number of halogens is 1. The van der Waals surface area contributed by atoms with Gasteiger partial charge in [0.1, 0.15) is 18.4 Å². The van der Waals surface area contributed by atoms with Gasteiger partial charge in [0.05, 0.1) is 10.6 Å². The molecule has 1 unspecified atom stereocenters. The zero-order valence-corrected chi connectivity index (χ0v) is 18.4. The van der Waals surface area contributed by atoms with E-state index in [1.807, 2.05) is 0 Å². The number of amides is 1. The molecule has 1 atom stereocenters. The van der Waals surface area contributed by atoms with Gasteiger partial charge in [-0.05, 0) is 31.0 Å². The number of aromatic nitrogens is 2. The van der Waals surface area contributed by atoms with Crippen LogP contribution in [-0.2, 0) is 9.84 Å². The average molecular weight is 453 g/mol. The zero-order chi connectivity index (χ0) is 21.9. The molecule has 1 amide bonds. The summed E-state index contributed by atoms with van der Waals surface area (Å²) in [4.78, 5) is 22.3. The maximum atomic E-state index is 12.7. The fraction of sp³-hybridized carbons (Fsp3) is 0.450. The summed E-state index contributed by atoms with van der Waals surface area (Å²) in [6, 6.07) is 6.21. The van der Waals surface area contributed by atoms with Gasteiger partial charge in [0.2, 0.25) is 0 Å². The highest BCUT2D eigenvalue weighted by molar-refractivity contribution is 7.90. The minimum Gasteiger partial charge on any atom is -0.373 e. The van der Waals surface area contributed by atoms with Gasteiger partial charge in [-0.15, -0.1) is 0 Å². The van der Waals surface area contributed by atoms with E-state index in [0.717, 1.165) is 38.4 Å². The maximum Gasteiger partial charge on any atom is 0.254 e. The van der Waals surface area contributed by atoms with Crippen LogP contribution in [0.4, 0.5) is 11.5 Å². The summed E-state index contributed by atoms with van der Waals surface area (Å²) in [5.41, 5.74) is 0.795. The van der Waals surface area contributed by atoms with Gasteiger partial charge < -0.3 is 15.3 Å². The van der Waals surface area contributed by atoms with Gasteiger partial charge in [-0.3, -0.25) is 4.79 Å². The van der Waals surface area contributed by atoms with Gasteiger partial charge in [0.25, 0.3) is 5.91 Å². The molecular formula is C20H25ClN4O4S. The first-order chi connectivity index (χ1) is 14.2. The van der Waals surface area contributed by atoms with Crippen molar-refractivity contribution in [2.45, 2.75) is 43.4 Å². The predicted molar refractivity (Wildman–Crippen MR) is 115 cm³/mol. The van der Waals surface area contributed by atoms with E-state index in [0.29, 0.717) is 11.5 Å². The Labute approximate surface area is 181 Å². The molecule has 0 saturated heterocycles. The van der Waals surface area contributed by atoms with Crippen LogP contribution < -0.4 is 10.2 Å². The number of anilines is 2. The SMILES string of the molecule is CN(c1ccc(Cl)c(C(=O)NC(O)C2CCCCC2)c1)c1cc(S(C)(=O)=O)ncn1. The Morgan fingerprint density at radius 2 is 1.93 bits per heavy atom. The van der Waals surface area contributed by atoms with Crippen LogP contribution in [0.15, 0.2) is 35.6 Å². The molecule has 1 aliphatic rings. The van der Waals surface area contributed by atoms with Crippen molar-refractivity contribution in [1.29, 1.82) is 0 Å². The van der Waals surface area contributed by atoms with Crippen LogP contribution >= 0.6 is 11.6 Å². The molecular weight excluding hydrogens is 428 g/mol. The van der Waals surface area contributed by atoms with Crippen LogP contribution in [0.5, 0.6) is 0 Å². The predicted octanol–water partition coefficient (Wildman–Crippen LogP) is 2.93. The van der Waals surface area contributed by atoms with E-state index >= 15 is 0 Å². The van der Waals surface area contributed by atoms with Crippen molar-refractivity contribution < 1.29 is 18.3 Å². The number of aliphatic hydroxyl groups excluding tert-OH is 1. The summed E-state index contributed by atoms with van der Waals surface area (Å²) in [5.74, 6) is -0.0723. The van der Waals surface area contributed by atoms with Gasteiger partial charge in [0.15, 0.2) is 14.9 Å². The van der Waals surface area contributed by atoms with E-state index in [4.69, 9.17) is 11.6 Å². The second-order valence-corrected chi connectivity index (χ2v) is 9.90. The Kier molecular flexibility index (Phi) is 6.95. The molecule has 3 rings (SSSR count). The van der Waals surface area contributed by atoms with Crippen LogP contribution in [0.25, 0.3) is 0 Å². The fourth-order valence-electron chi connectivity index (χ4n) is 3.52. The zero-order valence-electron chi connectivity index (χ0n) is 16.9. The molecule has 0 aliphatic heterocycles. The number of nitrogens with zero attached hydrogens (tertiary/aromatic N) is 3. The Balaban J connectivity index is 1.81. The van der Waals surface area contributed by atoms with E-state index in [9.17, 15) is 18.3 Å². The lowest BCUT2D eigenvalue weighted by molar-refractivity contribution is 0.0463. The lowest BCUT2D eigenvalue weighted by Crippen LogP contribution is -2.41. The molecule has 0 spiro atoms. The molecule has 1 heterocycles. The first kappa shape index (κ1) is 22.5. The van der Waals surface area contributed by atoms with Crippen molar-refractivity contribution in [3.05, 3.63) is 41.2 Å². The van der Waals surface area contributed by atoms with Crippen molar-refractivity contribution >= 4 is 38.9 Å². The Bertz CT molecular complexity index is 1030. The second-order valence-electron chi connectivity index (χ2n) is 7.53. The van der Waals surface area contributed by atoms with Gasteiger partial charge in [0, 0.05) is 31.0 Å². The quantitative estimate of drug-likeness (QED) is 0.511. The summed E-state index contributed by atoms with van der Waals surface area (Å²) < 4.78 is 23.5. The van der Waals surface area contributed by atoms with E-state index in [-0.39, 0.29) is 21.5 Å². The fourth-order valence-corrected chi connectivity index (χ4v) is 4.29. The standard InChI is InChI=1S/C20H25ClN4O4S/c1-25(17-11-18(23-12-22-17)30(2,28)29)14-8-9-16(21)15(10-14)20(27)24-19(26)13-6-4-3-5-7-13/h8-13,19,26H,3-7H2,1-2H3,(H,24,27). The summed E-state index contributed by atoms with van der Waals surface area (Å²) >= 11 is 6.23. The monoisotopic (exact) mass is 452 g/mol. The number of hydrogen-bond donors (Lipinski definition) is 2. The summed E-state index contributed by atoms with van der Waals surface area (Å²) in [6.45, 7) is 0. The van der Waals surface area contributed by atoms with Crippen LogP contribution in [0.1, 0.15) is 42.5 Å². The number of carbonyl (C=O) groups excluding carboxylic acids is 1.